The first-order valence-corrected chi connectivity index (χ1v) is 5.81. The zero-order chi connectivity index (χ0) is 12.2. The highest BCUT2D eigenvalue weighted by Crippen LogP contribution is 2.33. The minimum Gasteiger partial charge on any atom is -0.409 e. The van der Waals surface area contributed by atoms with Crippen molar-refractivity contribution in [1.82, 2.24) is 5.32 Å². The van der Waals surface area contributed by atoms with Gasteiger partial charge in [-0.1, -0.05) is 18.5 Å². The quantitative estimate of drug-likeness (QED) is 0.293. The Labute approximate surface area is 96.1 Å². The molecular weight excluding hydrogens is 206 g/mol. The first-order chi connectivity index (χ1) is 7.54. The molecule has 0 bridgehead atoms. The molecule has 1 aliphatic rings. The average Bonchev–Trinajstić information content (AvgIpc) is 2.28. The van der Waals surface area contributed by atoms with E-state index in [0.717, 1.165) is 32.1 Å². The van der Waals surface area contributed by atoms with Crippen molar-refractivity contribution in [3.05, 3.63) is 0 Å². The fourth-order valence-corrected chi connectivity index (χ4v) is 2.46. The zero-order valence-electron chi connectivity index (χ0n) is 9.99. The van der Waals surface area contributed by atoms with Crippen molar-refractivity contribution in [2.45, 2.75) is 51.5 Å². The fourth-order valence-electron chi connectivity index (χ4n) is 2.46. The molecule has 16 heavy (non-hydrogen) atoms. The summed E-state index contributed by atoms with van der Waals surface area (Å²) in [6.45, 7) is 3.62. The molecule has 1 amide bonds. The molecule has 1 aliphatic carbocycles. The lowest BCUT2D eigenvalue weighted by Crippen LogP contribution is -2.58. The summed E-state index contributed by atoms with van der Waals surface area (Å²) in [5.74, 6) is 0.673. The number of nitrogens with two attached hydrogens (primary N) is 1. The summed E-state index contributed by atoms with van der Waals surface area (Å²) in [6.07, 6.45) is 4.66. The standard InChI is InChI=1S/C11H21N3O2/c1-3-9-4-6-11(7-5-9,10(12)14-16)13-8(2)15/h9,16H,3-7H2,1-2H3,(H2,12,14)(H,13,15). The molecule has 0 aromatic heterocycles. The highest BCUT2D eigenvalue weighted by molar-refractivity contribution is 5.93. The summed E-state index contributed by atoms with van der Waals surface area (Å²) >= 11 is 0. The van der Waals surface area contributed by atoms with Crippen LogP contribution in [0.1, 0.15) is 46.0 Å². The van der Waals surface area contributed by atoms with Crippen LogP contribution in [0.25, 0.3) is 0 Å². The molecule has 5 nitrogen and oxygen atoms in total. The number of hydrogen-bond acceptors (Lipinski definition) is 3. The molecule has 1 fully saturated rings. The van der Waals surface area contributed by atoms with Crippen LogP contribution >= 0.6 is 0 Å². The number of nitrogens with one attached hydrogen (secondary N) is 1. The molecule has 0 saturated heterocycles. The highest BCUT2D eigenvalue weighted by atomic mass is 16.4. The van der Waals surface area contributed by atoms with Crippen molar-refractivity contribution < 1.29 is 10.0 Å². The Kier molecular flexibility index (Phi) is 4.15. The first-order valence-electron chi connectivity index (χ1n) is 5.81. The van der Waals surface area contributed by atoms with Gasteiger partial charge in [-0.15, -0.1) is 0 Å². The van der Waals surface area contributed by atoms with Gasteiger partial charge in [0, 0.05) is 6.92 Å². The van der Waals surface area contributed by atoms with Crippen LogP contribution in [0.15, 0.2) is 5.16 Å². The lowest BCUT2D eigenvalue weighted by Gasteiger charge is -2.39. The third-order valence-electron chi connectivity index (χ3n) is 3.55. The van der Waals surface area contributed by atoms with E-state index in [2.05, 4.69) is 17.4 Å². The van der Waals surface area contributed by atoms with Gasteiger partial charge in [-0.3, -0.25) is 4.79 Å². The van der Waals surface area contributed by atoms with Gasteiger partial charge in [-0.2, -0.15) is 0 Å². The van der Waals surface area contributed by atoms with Gasteiger partial charge in [-0.05, 0) is 31.6 Å². The summed E-state index contributed by atoms with van der Waals surface area (Å²) < 4.78 is 0. The summed E-state index contributed by atoms with van der Waals surface area (Å²) in [5.41, 5.74) is 5.07. The van der Waals surface area contributed by atoms with Crippen molar-refractivity contribution in [1.29, 1.82) is 0 Å². The third kappa shape index (κ3) is 2.65. The highest BCUT2D eigenvalue weighted by Gasteiger charge is 2.39. The Morgan fingerprint density at radius 3 is 2.50 bits per heavy atom. The van der Waals surface area contributed by atoms with Crippen LogP contribution in [-0.2, 0) is 4.79 Å². The molecule has 0 heterocycles. The summed E-state index contributed by atoms with van der Waals surface area (Å²) in [5, 5.41) is 14.7. The molecule has 5 heteroatoms. The average molecular weight is 227 g/mol. The molecule has 4 N–H and O–H groups in total. The Morgan fingerprint density at radius 1 is 1.56 bits per heavy atom. The zero-order valence-corrected chi connectivity index (χ0v) is 9.99. The van der Waals surface area contributed by atoms with Crippen molar-refractivity contribution >= 4 is 11.7 Å². The van der Waals surface area contributed by atoms with E-state index in [9.17, 15) is 4.79 Å². The van der Waals surface area contributed by atoms with Gasteiger partial charge < -0.3 is 16.3 Å². The van der Waals surface area contributed by atoms with Crippen molar-refractivity contribution in [2.75, 3.05) is 0 Å². The second kappa shape index (κ2) is 5.18. The molecule has 0 aromatic carbocycles. The van der Waals surface area contributed by atoms with Gasteiger partial charge in [0.2, 0.25) is 5.91 Å². The second-order valence-corrected chi connectivity index (χ2v) is 4.60. The Hall–Kier alpha value is -1.26. The van der Waals surface area contributed by atoms with E-state index in [1.165, 1.54) is 6.92 Å². The minimum atomic E-state index is -0.633. The predicted octanol–water partition coefficient (Wildman–Crippen LogP) is 1.21. The summed E-state index contributed by atoms with van der Waals surface area (Å²) in [6, 6.07) is 0. The number of carbonyl (C=O) groups is 1. The van der Waals surface area contributed by atoms with Crippen LogP contribution < -0.4 is 11.1 Å². The molecule has 92 valence electrons. The monoisotopic (exact) mass is 227 g/mol. The number of hydrogen-bond donors (Lipinski definition) is 3. The van der Waals surface area contributed by atoms with E-state index in [-0.39, 0.29) is 11.7 Å². The summed E-state index contributed by atoms with van der Waals surface area (Å²) in [4.78, 5) is 11.2. The smallest absolute Gasteiger partial charge is 0.217 e. The van der Waals surface area contributed by atoms with Crippen LogP contribution in [0.4, 0.5) is 0 Å². The van der Waals surface area contributed by atoms with E-state index in [1.54, 1.807) is 0 Å². The van der Waals surface area contributed by atoms with E-state index in [1.807, 2.05) is 0 Å². The number of amides is 1. The second-order valence-electron chi connectivity index (χ2n) is 4.60. The Bertz CT molecular complexity index is 281. The largest absolute Gasteiger partial charge is 0.409 e. The fraction of sp³-hybridized carbons (Fsp3) is 0.818. The molecular formula is C11H21N3O2. The molecule has 0 unspecified atom stereocenters. The topological polar surface area (TPSA) is 87.7 Å². The Morgan fingerprint density at radius 2 is 2.12 bits per heavy atom. The molecule has 0 aliphatic heterocycles. The van der Waals surface area contributed by atoms with E-state index < -0.39 is 5.54 Å². The normalized spacial score (nSPS) is 31.1. The van der Waals surface area contributed by atoms with Gasteiger partial charge in [-0.25, -0.2) is 0 Å². The molecule has 0 spiro atoms. The SMILES string of the molecule is CCC1CCC(NC(C)=O)(/C(N)=N/O)CC1. The van der Waals surface area contributed by atoms with Gasteiger partial charge in [0.25, 0.3) is 0 Å². The summed E-state index contributed by atoms with van der Waals surface area (Å²) in [7, 11) is 0. The number of nitrogens with zero attached hydrogens (tertiary/aromatic N) is 1. The molecule has 1 rings (SSSR count). The maximum atomic E-state index is 11.2. The third-order valence-corrected chi connectivity index (χ3v) is 3.55. The van der Waals surface area contributed by atoms with Crippen LogP contribution in [0.5, 0.6) is 0 Å². The predicted molar refractivity (Wildman–Crippen MR) is 62.2 cm³/mol. The number of oxime groups is 1. The molecule has 0 aromatic rings. The number of amidine groups is 1. The van der Waals surface area contributed by atoms with Gasteiger partial charge in [0.1, 0.15) is 5.54 Å². The van der Waals surface area contributed by atoms with Crippen LogP contribution in [0.3, 0.4) is 0 Å². The number of carbonyl (C=O) groups excluding carboxylic acids is 1. The first kappa shape index (κ1) is 12.8. The Balaban J connectivity index is 2.78. The maximum absolute atomic E-state index is 11.2. The van der Waals surface area contributed by atoms with Crippen LogP contribution in [0, 0.1) is 5.92 Å². The van der Waals surface area contributed by atoms with Crippen LogP contribution in [0.2, 0.25) is 0 Å². The lowest BCUT2D eigenvalue weighted by molar-refractivity contribution is -0.120. The van der Waals surface area contributed by atoms with Gasteiger partial charge >= 0.3 is 0 Å². The lowest BCUT2D eigenvalue weighted by atomic mass is 9.75. The van der Waals surface area contributed by atoms with E-state index >= 15 is 0 Å². The van der Waals surface area contributed by atoms with Crippen molar-refractivity contribution in [3.8, 4) is 0 Å². The van der Waals surface area contributed by atoms with Gasteiger partial charge in [0.05, 0.1) is 0 Å². The minimum absolute atomic E-state index is 0.122. The van der Waals surface area contributed by atoms with Crippen LogP contribution in [-0.4, -0.2) is 22.5 Å². The number of rotatable bonds is 3. The van der Waals surface area contributed by atoms with Crippen molar-refractivity contribution in [3.63, 3.8) is 0 Å². The van der Waals surface area contributed by atoms with E-state index in [4.69, 9.17) is 10.9 Å². The molecule has 0 atom stereocenters. The van der Waals surface area contributed by atoms with E-state index in [0.29, 0.717) is 5.92 Å². The molecule has 1 saturated carbocycles. The maximum Gasteiger partial charge on any atom is 0.217 e. The molecule has 0 radical (unpaired) electrons. The van der Waals surface area contributed by atoms with Crippen molar-refractivity contribution in [2.24, 2.45) is 16.8 Å². The van der Waals surface area contributed by atoms with Gasteiger partial charge in [0.15, 0.2) is 5.84 Å².